The van der Waals surface area contributed by atoms with E-state index in [1.54, 1.807) is 13.8 Å². The third kappa shape index (κ3) is 3.84. The molecule has 3 heteroatoms. The zero-order chi connectivity index (χ0) is 10.3. The van der Waals surface area contributed by atoms with Gasteiger partial charge in [-0.1, -0.05) is 13.8 Å². The van der Waals surface area contributed by atoms with Crippen molar-refractivity contribution in [1.29, 1.82) is 5.26 Å². The zero-order valence-corrected chi connectivity index (χ0v) is 8.17. The van der Waals surface area contributed by atoms with E-state index in [9.17, 15) is 9.59 Å². The van der Waals surface area contributed by atoms with Crippen molar-refractivity contribution < 1.29 is 9.59 Å². The van der Waals surface area contributed by atoms with Crippen molar-refractivity contribution in [1.82, 2.24) is 0 Å². The second-order valence-corrected chi connectivity index (χ2v) is 2.89. The van der Waals surface area contributed by atoms with Crippen molar-refractivity contribution in [3.63, 3.8) is 0 Å². The monoisotopic (exact) mass is 181 g/mol. The minimum Gasteiger partial charge on any atom is -0.299 e. The number of carbonyl (C=O) groups excluding carboxylic acids is 2. The highest BCUT2D eigenvalue weighted by Gasteiger charge is 2.22. The van der Waals surface area contributed by atoms with Gasteiger partial charge in [0, 0.05) is 19.3 Å². The molecule has 0 radical (unpaired) electrons. The molecule has 0 rings (SSSR count). The first-order valence-corrected chi connectivity index (χ1v) is 4.59. The fraction of sp³-hybridized carbons (Fsp3) is 0.700. The van der Waals surface area contributed by atoms with Gasteiger partial charge in [-0.2, -0.15) is 5.26 Å². The summed E-state index contributed by atoms with van der Waals surface area (Å²) < 4.78 is 0. The van der Waals surface area contributed by atoms with Gasteiger partial charge in [0.1, 0.15) is 11.6 Å². The summed E-state index contributed by atoms with van der Waals surface area (Å²) in [6, 6.07) is 1.95. The summed E-state index contributed by atoms with van der Waals surface area (Å²) in [5.41, 5.74) is 0. The Morgan fingerprint density at radius 3 is 2.00 bits per heavy atom. The largest absolute Gasteiger partial charge is 0.299 e. The van der Waals surface area contributed by atoms with Crippen LogP contribution < -0.4 is 0 Å². The molecule has 3 nitrogen and oxygen atoms in total. The lowest BCUT2D eigenvalue weighted by atomic mass is 9.91. The molecule has 0 aliphatic rings. The van der Waals surface area contributed by atoms with Gasteiger partial charge in [0.25, 0.3) is 0 Å². The summed E-state index contributed by atoms with van der Waals surface area (Å²) in [6.07, 6.45) is 1.42. The van der Waals surface area contributed by atoms with E-state index < -0.39 is 5.92 Å². The number of nitrogens with zero attached hydrogens (tertiary/aromatic N) is 1. The molecule has 0 spiro atoms. The number of nitriles is 1. The van der Waals surface area contributed by atoms with Gasteiger partial charge in [0.2, 0.25) is 0 Å². The van der Waals surface area contributed by atoms with Crippen LogP contribution in [0.2, 0.25) is 0 Å². The standard InChI is InChI=1S/C10H15NO2/c1-3-9(12)8(6-5-7-11)10(13)4-2/h8H,3-6H2,1-2H3. The molecule has 0 fully saturated rings. The third-order valence-corrected chi connectivity index (χ3v) is 2.02. The lowest BCUT2D eigenvalue weighted by Crippen LogP contribution is -2.22. The molecule has 0 bridgehead atoms. The molecule has 0 aromatic carbocycles. The first-order valence-electron chi connectivity index (χ1n) is 4.59. The Morgan fingerprint density at radius 1 is 1.23 bits per heavy atom. The van der Waals surface area contributed by atoms with E-state index in [1.165, 1.54) is 0 Å². The van der Waals surface area contributed by atoms with E-state index >= 15 is 0 Å². The van der Waals surface area contributed by atoms with E-state index in [4.69, 9.17) is 5.26 Å². The number of Topliss-reactive ketones (excluding diaryl/α,β-unsaturated/α-hetero) is 2. The van der Waals surface area contributed by atoms with E-state index in [0.717, 1.165) is 0 Å². The van der Waals surface area contributed by atoms with Gasteiger partial charge in [0.05, 0.1) is 12.0 Å². The Balaban J connectivity index is 4.28. The van der Waals surface area contributed by atoms with Gasteiger partial charge in [-0.3, -0.25) is 9.59 Å². The molecular formula is C10H15NO2. The topological polar surface area (TPSA) is 57.9 Å². The molecule has 13 heavy (non-hydrogen) atoms. The highest BCUT2D eigenvalue weighted by atomic mass is 16.1. The van der Waals surface area contributed by atoms with Crippen molar-refractivity contribution in [2.45, 2.75) is 39.5 Å². The Labute approximate surface area is 78.7 Å². The van der Waals surface area contributed by atoms with Crippen molar-refractivity contribution >= 4 is 11.6 Å². The minimum atomic E-state index is -0.533. The molecule has 0 saturated carbocycles. The molecule has 0 heterocycles. The Bertz CT molecular complexity index is 212. The van der Waals surface area contributed by atoms with E-state index in [-0.39, 0.29) is 18.0 Å². The van der Waals surface area contributed by atoms with Crippen LogP contribution in [-0.4, -0.2) is 11.6 Å². The molecule has 0 unspecified atom stereocenters. The van der Waals surface area contributed by atoms with Crippen molar-refractivity contribution in [2.24, 2.45) is 5.92 Å². The van der Waals surface area contributed by atoms with Gasteiger partial charge in [-0.15, -0.1) is 0 Å². The zero-order valence-electron chi connectivity index (χ0n) is 8.17. The average Bonchev–Trinajstić information content (AvgIpc) is 2.17. The smallest absolute Gasteiger partial charge is 0.143 e. The summed E-state index contributed by atoms with van der Waals surface area (Å²) in [5.74, 6) is -0.612. The van der Waals surface area contributed by atoms with Gasteiger partial charge in [-0.25, -0.2) is 0 Å². The predicted octanol–water partition coefficient (Wildman–Crippen LogP) is 1.86. The quantitative estimate of drug-likeness (QED) is 0.588. The molecule has 0 saturated heterocycles. The number of hydrogen-bond donors (Lipinski definition) is 0. The Morgan fingerprint density at radius 2 is 1.69 bits per heavy atom. The van der Waals surface area contributed by atoms with Gasteiger partial charge in [0.15, 0.2) is 0 Å². The van der Waals surface area contributed by atoms with Crippen LogP contribution in [0.1, 0.15) is 39.5 Å². The molecule has 0 N–H and O–H groups in total. The van der Waals surface area contributed by atoms with Crippen LogP contribution in [0.3, 0.4) is 0 Å². The van der Waals surface area contributed by atoms with E-state index in [1.807, 2.05) is 6.07 Å². The van der Waals surface area contributed by atoms with Crippen molar-refractivity contribution in [3.05, 3.63) is 0 Å². The Hall–Kier alpha value is -1.17. The van der Waals surface area contributed by atoms with Crippen LogP contribution in [-0.2, 0) is 9.59 Å². The molecule has 0 aromatic heterocycles. The highest BCUT2D eigenvalue weighted by molar-refractivity contribution is 6.02. The second-order valence-electron chi connectivity index (χ2n) is 2.89. The van der Waals surface area contributed by atoms with Gasteiger partial charge >= 0.3 is 0 Å². The molecule has 0 atom stereocenters. The highest BCUT2D eigenvalue weighted by Crippen LogP contribution is 2.12. The molecule has 0 aromatic rings. The molecule has 0 aliphatic heterocycles. The van der Waals surface area contributed by atoms with Gasteiger partial charge < -0.3 is 0 Å². The fourth-order valence-electron chi connectivity index (χ4n) is 1.20. The summed E-state index contributed by atoms with van der Waals surface area (Å²) in [4.78, 5) is 22.6. The fourth-order valence-corrected chi connectivity index (χ4v) is 1.20. The minimum absolute atomic E-state index is 0.0397. The maximum Gasteiger partial charge on any atom is 0.143 e. The first-order chi connectivity index (χ1) is 6.17. The number of rotatable bonds is 6. The maximum absolute atomic E-state index is 11.3. The maximum atomic E-state index is 11.3. The van der Waals surface area contributed by atoms with Crippen LogP contribution in [0.15, 0.2) is 0 Å². The summed E-state index contributed by atoms with van der Waals surface area (Å²) in [7, 11) is 0. The third-order valence-electron chi connectivity index (χ3n) is 2.02. The van der Waals surface area contributed by atoms with Crippen LogP contribution in [0.25, 0.3) is 0 Å². The normalized spacial score (nSPS) is 9.69. The predicted molar refractivity (Wildman–Crippen MR) is 48.9 cm³/mol. The summed E-state index contributed by atoms with van der Waals surface area (Å²) in [5, 5.41) is 8.35. The Kier molecular flexibility index (Phi) is 5.79. The van der Waals surface area contributed by atoms with Crippen LogP contribution in [0.4, 0.5) is 0 Å². The number of hydrogen-bond acceptors (Lipinski definition) is 3. The molecular weight excluding hydrogens is 166 g/mol. The number of carbonyl (C=O) groups is 2. The van der Waals surface area contributed by atoms with Crippen molar-refractivity contribution in [2.75, 3.05) is 0 Å². The van der Waals surface area contributed by atoms with Gasteiger partial charge in [-0.05, 0) is 6.42 Å². The summed E-state index contributed by atoms with van der Waals surface area (Å²) >= 11 is 0. The lowest BCUT2D eigenvalue weighted by Gasteiger charge is -2.10. The second kappa shape index (κ2) is 6.36. The van der Waals surface area contributed by atoms with E-state index in [0.29, 0.717) is 19.3 Å². The summed E-state index contributed by atoms with van der Waals surface area (Å²) in [6.45, 7) is 3.48. The SMILES string of the molecule is CCC(=O)C(CCC#N)C(=O)CC. The number of ketones is 2. The molecule has 0 amide bonds. The van der Waals surface area contributed by atoms with Crippen molar-refractivity contribution in [3.8, 4) is 6.07 Å². The lowest BCUT2D eigenvalue weighted by molar-refractivity contribution is -0.132. The van der Waals surface area contributed by atoms with Crippen LogP contribution >= 0.6 is 0 Å². The van der Waals surface area contributed by atoms with Crippen LogP contribution in [0, 0.1) is 17.2 Å². The molecule has 72 valence electrons. The van der Waals surface area contributed by atoms with E-state index in [2.05, 4.69) is 0 Å². The first kappa shape index (κ1) is 11.8. The van der Waals surface area contributed by atoms with Crippen LogP contribution in [0.5, 0.6) is 0 Å². The average molecular weight is 181 g/mol. The molecule has 0 aliphatic carbocycles.